The van der Waals surface area contributed by atoms with Gasteiger partial charge in [-0.3, -0.25) is 4.79 Å². The number of rotatable bonds is 0. The molecule has 0 bridgehead atoms. The van der Waals surface area contributed by atoms with Crippen LogP contribution in [0.5, 0.6) is 0 Å². The number of ketones is 1. The third-order valence-corrected chi connectivity index (χ3v) is 6.10. The molecule has 0 saturated carbocycles. The third kappa shape index (κ3) is 1.84. The summed E-state index contributed by atoms with van der Waals surface area (Å²) in [6.07, 6.45) is 2.69. The molecule has 1 atom stereocenters. The van der Waals surface area contributed by atoms with Crippen molar-refractivity contribution in [1.29, 1.82) is 0 Å². The van der Waals surface area contributed by atoms with Crippen molar-refractivity contribution < 1.29 is 9.18 Å². The van der Waals surface area contributed by atoms with Gasteiger partial charge in [0.1, 0.15) is 5.82 Å². The van der Waals surface area contributed by atoms with Crippen molar-refractivity contribution in [2.24, 2.45) is 15.6 Å². The average molecular weight is 337 g/mol. The molecule has 2 aliphatic heterocycles. The number of azo groups is 1. The highest BCUT2D eigenvalue weighted by atomic mass is 19.1. The molecule has 5 heteroatoms. The van der Waals surface area contributed by atoms with Crippen molar-refractivity contribution in [3.63, 3.8) is 0 Å². The Hall–Kier alpha value is -2.30. The molecule has 0 saturated heterocycles. The molecule has 4 nitrogen and oxygen atoms in total. The summed E-state index contributed by atoms with van der Waals surface area (Å²) in [6, 6.07) is 5.25. The molecule has 25 heavy (non-hydrogen) atoms. The highest BCUT2D eigenvalue weighted by molar-refractivity contribution is 6.02. The molecule has 128 valence electrons. The lowest BCUT2D eigenvalue weighted by Gasteiger charge is -2.44. The first kappa shape index (κ1) is 15.0. The molecule has 2 aliphatic carbocycles. The van der Waals surface area contributed by atoms with E-state index < -0.39 is 5.41 Å². The van der Waals surface area contributed by atoms with Crippen LogP contribution < -0.4 is 5.32 Å². The SMILES string of the molecule is CC1(C)CC(=O)C2=C(C1)NC1=C(CN=N1)[C@]21CCc2c(F)cccc21. The molecular weight excluding hydrogens is 317 g/mol. The highest BCUT2D eigenvalue weighted by Gasteiger charge is 2.55. The van der Waals surface area contributed by atoms with Gasteiger partial charge in [0.05, 0.1) is 12.0 Å². The zero-order valence-corrected chi connectivity index (χ0v) is 14.4. The molecule has 0 amide bonds. The van der Waals surface area contributed by atoms with Crippen LogP contribution in [0.25, 0.3) is 0 Å². The number of nitrogens with one attached hydrogen (secondary N) is 1. The van der Waals surface area contributed by atoms with Crippen molar-refractivity contribution in [3.8, 4) is 0 Å². The largest absolute Gasteiger partial charge is 0.342 e. The van der Waals surface area contributed by atoms with Gasteiger partial charge in [0, 0.05) is 23.3 Å². The Labute approximate surface area is 145 Å². The van der Waals surface area contributed by atoms with E-state index in [1.54, 1.807) is 6.07 Å². The number of benzene rings is 1. The summed E-state index contributed by atoms with van der Waals surface area (Å²) < 4.78 is 14.4. The molecule has 2 heterocycles. The monoisotopic (exact) mass is 337 g/mol. The lowest BCUT2D eigenvalue weighted by atomic mass is 9.61. The van der Waals surface area contributed by atoms with Gasteiger partial charge < -0.3 is 5.32 Å². The lowest BCUT2D eigenvalue weighted by Crippen LogP contribution is -2.45. The number of carbonyl (C=O) groups is 1. The van der Waals surface area contributed by atoms with Crippen LogP contribution in [0.1, 0.15) is 44.2 Å². The number of hydrogen-bond donors (Lipinski definition) is 1. The van der Waals surface area contributed by atoms with Gasteiger partial charge in [-0.15, -0.1) is 5.11 Å². The second kappa shape index (κ2) is 4.65. The zero-order valence-electron chi connectivity index (χ0n) is 14.4. The maximum Gasteiger partial charge on any atom is 0.162 e. The van der Waals surface area contributed by atoms with Crippen molar-refractivity contribution >= 4 is 5.78 Å². The average Bonchev–Trinajstić information content (AvgIpc) is 3.13. The molecule has 5 rings (SSSR count). The summed E-state index contributed by atoms with van der Waals surface area (Å²) in [4.78, 5) is 13.2. The van der Waals surface area contributed by atoms with E-state index in [0.717, 1.165) is 46.6 Å². The molecule has 1 aromatic rings. The van der Waals surface area contributed by atoms with Crippen LogP contribution >= 0.6 is 0 Å². The topological polar surface area (TPSA) is 53.8 Å². The fourth-order valence-corrected chi connectivity index (χ4v) is 5.20. The van der Waals surface area contributed by atoms with Crippen LogP contribution in [0.2, 0.25) is 0 Å². The minimum atomic E-state index is -0.551. The second-order valence-electron chi connectivity index (χ2n) is 8.32. The number of allylic oxidation sites excluding steroid dienone is 2. The Bertz CT molecular complexity index is 925. The number of fused-ring (bicyclic) bond motifs is 4. The van der Waals surface area contributed by atoms with Crippen molar-refractivity contribution in [3.05, 3.63) is 57.8 Å². The standard InChI is InChI=1S/C20H20FN3O/c1-19(2)8-15-17(16(25)9-19)20(13-10-22-24-18(13)23-15)7-6-11-12(20)4-3-5-14(11)21/h3-5,23H,6-10H2,1-2H3/t20-/m1/s1. The van der Waals surface area contributed by atoms with Crippen LogP contribution in [0.15, 0.2) is 51.1 Å². The Balaban J connectivity index is 1.80. The summed E-state index contributed by atoms with van der Waals surface area (Å²) in [6.45, 7) is 4.71. The highest BCUT2D eigenvalue weighted by Crippen LogP contribution is 2.57. The molecule has 1 aromatic carbocycles. The lowest BCUT2D eigenvalue weighted by molar-refractivity contribution is -0.118. The molecule has 1 spiro atoms. The van der Waals surface area contributed by atoms with Gasteiger partial charge in [0.15, 0.2) is 11.6 Å². The summed E-state index contributed by atoms with van der Waals surface area (Å²) >= 11 is 0. The van der Waals surface area contributed by atoms with Crippen molar-refractivity contribution in [1.82, 2.24) is 5.32 Å². The summed E-state index contributed by atoms with van der Waals surface area (Å²) in [5.74, 6) is 0.767. The summed E-state index contributed by atoms with van der Waals surface area (Å²) in [5.41, 5.74) is 3.87. The van der Waals surface area contributed by atoms with Crippen LogP contribution in [-0.2, 0) is 16.6 Å². The maximum absolute atomic E-state index is 14.4. The van der Waals surface area contributed by atoms with Crippen molar-refractivity contribution in [2.75, 3.05) is 6.54 Å². The van der Waals surface area contributed by atoms with Crippen LogP contribution in [0.3, 0.4) is 0 Å². The van der Waals surface area contributed by atoms with Crippen molar-refractivity contribution in [2.45, 2.75) is 44.9 Å². The number of hydrogen-bond acceptors (Lipinski definition) is 4. The first-order valence-electron chi connectivity index (χ1n) is 8.85. The molecule has 0 aromatic heterocycles. The first-order chi connectivity index (χ1) is 11.9. The van der Waals surface area contributed by atoms with Gasteiger partial charge in [-0.25, -0.2) is 4.39 Å². The van der Waals surface area contributed by atoms with Crippen LogP contribution in [0, 0.1) is 11.2 Å². The predicted molar refractivity (Wildman–Crippen MR) is 91.3 cm³/mol. The second-order valence-corrected chi connectivity index (χ2v) is 8.32. The van der Waals surface area contributed by atoms with Crippen LogP contribution in [-0.4, -0.2) is 12.3 Å². The predicted octanol–water partition coefficient (Wildman–Crippen LogP) is 3.93. The minimum absolute atomic E-state index is 0.0821. The normalized spacial score (nSPS) is 29.0. The third-order valence-electron chi connectivity index (χ3n) is 6.10. The molecule has 0 unspecified atom stereocenters. The Morgan fingerprint density at radius 2 is 2.08 bits per heavy atom. The zero-order chi connectivity index (χ0) is 17.4. The van der Waals surface area contributed by atoms with E-state index in [1.807, 2.05) is 6.07 Å². The van der Waals surface area contributed by atoms with Gasteiger partial charge >= 0.3 is 0 Å². The molecule has 1 N–H and O–H groups in total. The quantitative estimate of drug-likeness (QED) is 0.780. The molecule has 0 radical (unpaired) electrons. The van der Waals surface area contributed by atoms with Gasteiger partial charge in [0.25, 0.3) is 0 Å². The van der Waals surface area contributed by atoms with Gasteiger partial charge in [0.2, 0.25) is 0 Å². The number of nitrogens with zero attached hydrogens (tertiary/aromatic N) is 2. The Kier molecular flexibility index (Phi) is 2.79. The van der Waals surface area contributed by atoms with E-state index in [-0.39, 0.29) is 17.0 Å². The van der Waals surface area contributed by atoms with E-state index in [4.69, 9.17) is 0 Å². The minimum Gasteiger partial charge on any atom is -0.342 e. The first-order valence-corrected chi connectivity index (χ1v) is 8.85. The van der Waals surface area contributed by atoms with Gasteiger partial charge in [-0.05, 0) is 41.9 Å². The van der Waals surface area contributed by atoms with E-state index in [9.17, 15) is 9.18 Å². The van der Waals surface area contributed by atoms with E-state index in [2.05, 4.69) is 29.4 Å². The maximum atomic E-state index is 14.4. The van der Waals surface area contributed by atoms with Gasteiger partial charge in [-0.1, -0.05) is 26.0 Å². The Morgan fingerprint density at radius 3 is 2.92 bits per heavy atom. The fraction of sp³-hybridized carbons (Fsp3) is 0.450. The summed E-state index contributed by atoms with van der Waals surface area (Å²) in [7, 11) is 0. The van der Waals surface area contributed by atoms with E-state index in [0.29, 0.717) is 19.4 Å². The number of halogens is 1. The van der Waals surface area contributed by atoms with Gasteiger partial charge in [-0.2, -0.15) is 5.11 Å². The van der Waals surface area contributed by atoms with E-state index in [1.165, 1.54) is 6.07 Å². The number of Topliss-reactive ketones (excluding diaryl/α,β-unsaturated/α-hetero) is 1. The smallest absolute Gasteiger partial charge is 0.162 e. The van der Waals surface area contributed by atoms with E-state index >= 15 is 0 Å². The summed E-state index contributed by atoms with van der Waals surface area (Å²) in [5, 5.41) is 11.9. The fourth-order valence-electron chi connectivity index (χ4n) is 5.20. The number of carbonyl (C=O) groups excluding carboxylic acids is 1. The van der Waals surface area contributed by atoms with Crippen LogP contribution in [0.4, 0.5) is 4.39 Å². The molecular formula is C20H20FN3O. The molecule has 0 fully saturated rings. The number of dihydropyridines is 1. The Morgan fingerprint density at radius 1 is 1.24 bits per heavy atom. The molecule has 4 aliphatic rings.